The van der Waals surface area contributed by atoms with Crippen LogP contribution in [0.4, 0.5) is 5.69 Å². The number of rotatable bonds is 4. The smallest absolute Gasteiger partial charge is 0.270 e. The molecule has 0 aromatic heterocycles. The Balaban J connectivity index is 1.55. The van der Waals surface area contributed by atoms with Crippen LogP contribution in [0.15, 0.2) is 18.2 Å². The number of hydrogen-bond acceptors (Lipinski definition) is 5. The fraction of sp³-hybridized carbons (Fsp3) is 0.529. The Bertz CT molecular complexity index is 713. The highest BCUT2D eigenvalue weighted by molar-refractivity contribution is 6.34. The van der Waals surface area contributed by atoms with Crippen LogP contribution in [0, 0.1) is 10.1 Å². The first-order chi connectivity index (χ1) is 12.5. The molecule has 2 aliphatic heterocycles. The lowest BCUT2D eigenvalue weighted by Crippen LogP contribution is -2.51. The van der Waals surface area contributed by atoms with Gasteiger partial charge in [0.1, 0.15) is 0 Å². The topological polar surface area (TPSA) is 87.0 Å². The predicted octanol–water partition coefficient (Wildman–Crippen LogP) is 1.63. The van der Waals surface area contributed by atoms with Gasteiger partial charge in [-0.25, -0.2) is 0 Å². The maximum Gasteiger partial charge on any atom is 0.270 e. The average molecular weight is 381 g/mol. The summed E-state index contributed by atoms with van der Waals surface area (Å²) in [7, 11) is 0. The molecule has 0 N–H and O–H groups in total. The van der Waals surface area contributed by atoms with Gasteiger partial charge in [-0.15, -0.1) is 0 Å². The Morgan fingerprint density at radius 3 is 2.27 bits per heavy atom. The van der Waals surface area contributed by atoms with Crippen molar-refractivity contribution < 1.29 is 14.5 Å². The zero-order valence-corrected chi connectivity index (χ0v) is 15.2. The lowest BCUT2D eigenvalue weighted by atomic mass is 10.1. The largest absolute Gasteiger partial charge is 0.342 e. The third kappa shape index (κ3) is 4.13. The lowest BCUT2D eigenvalue weighted by Gasteiger charge is -2.35. The molecule has 2 amide bonds. The lowest BCUT2D eigenvalue weighted by molar-refractivity contribution is -0.384. The number of hydrogen-bond donors (Lipinski definition) is 0. The Hall–Kier alpha value is -2.19. The quantitative estimate of drug-likeness (QED) is 0.585. The molecule has 0 unspecified atom stereocenters. The molecule has 2 aliphatic rings. The number of likely N-dealkylation sites (tertiary alicyclic amines) is 1. The van der Waals surface area contributed by atoms with E-state index >= 15 is 0 Å². The number of carbonyl (C=O) groups excluding carboxylic acids is 2. The van der Waals surface area contributed by atoms with E-state index in [-0.39, 0.29) is 28.1 Å². The molecule has 0 aliphatic carbocycles. The third-order valence-corrected chi connectivity index (χ3v) is 5.18. The first kappa shape index (κ1) is 18.6. The Morgan fingerprint density at radius 1 is 1.04 bits per heavy atom. The summed E-state index contributed by atoms with van der Waals surface area (Å²) in [4.78, 5) is 40.7. The molecular weight excluding hydrogens is 360 g/mol. The van der Waals surface area contributed by atoms with Gasteiger partial charge in [-0.3, -0.25) is 24.6 Å². The summed E-state index contributed by atoms with van der Waals surface area (Å²) < 4.78 is 0. The van der Waals surface area contributed by atoms with Crippen LogP contribution in [0.5, 0.6) is 0 Å². The molecule has 2 heterocycles. The maximum absolute atomic E-state index is 12.6. The fourth-order valence-corrected chi connectivity index (χ4v) is 3.58. The second-order valence-corrected chi connectivity index (χ2v) is 6.98. The first-order valence-corrected chi connectivity index (χ1v) is 9.07. The van der Waals surface area contributed by atoms with Gasteiger partial charge in [-0.2, -0.15) is 0 Å². The number of piperazine rings is 1. The standard InChI is InChI=1S/C17H21ClN4O4/c18-15-11-13(22(25)26)3-4-14(15)17(24)21-9-7-19(8-10-21)12-16(23)20-5-1-2-6-20/h3-4,11H,1-2,5-10,12H2. The van der Waals surface area contributed by atoms with E-state index in [2.05, 4.69) is 4.90 Å². The highest BCUT2D eigenvalue weighted by atomic mass is 35.5. The van der Waals surface area contributed by atoms with Crippen molar-refractivity contribution in [3.8, 4) is 0 Å². The van der Waals surface area contributed by atoms with E-state index in [4.69, 9.17) is 11.6 Å². The molecule has 0 bridgehead atoms. The van der Waals surface area contributed by atoms with Crippen molar-refractivity contribution >= 4 is 29.1 Å². The van der Waals surface area contributed by atoms with Crippen molar-refractivity contribution in [2.24, 2.45) is 0 Å². The monoisotopic (exact) mass is 380 g/mol. The van der Waals surface area contributed by atoms with Gasteiger partial charge < -0.3 is 9.80 Å². The molecule has 0 atom stereocenters. The van der Waals surface area contributed by atoms with E-state index in [9.17, 15) is 19.7 Å². The highest BCUT2D eigenvalue weighted by Crippen LogP contribution is 2.24. The molecule has 2 saturated heterocycles. The van der Waals surface area contributed by atoms with Crippen molar-refractivity contribution in [3.05, 3.63) is 38.9 Å². The van der Waals surface area contributed by atoms with Crippen molar-refractivity contribution in [2.45, 2.75) is 12.8 Å². The van der Waals surface area contributed by atoms with Crippen molar-refractivity contribution in [2.75, 3.05) is 45.8 Å². The first-order valence-electron chi connectivity index (χ1n) is 8.69. The summed E-state index contributed by atoms with van der Waals surface area (Å²) in [6, 6.07) is 3.87. The molecule has 0 saturated carbocycles. The number of nitro benzene ring substituents is 1. The highest BCUT2D eigenvalue weighted by Gasteiger charge is 2.27. The minimum Gasteiger partial charge on any atom is -0.342 e. The van der Waals surface area contributed by atoms with Crippen molar-refractivity contribution in [1.82, 2.24) is 14.7 Å². The second-order valence-electron chi connectivity index (χ2n) is 6.58. The zero-order valence-electron chi connectivity index (χ0n) is 14.4. The Labute approximate surface area is 156 Å². The summed E-state index contributed by atoms with van der Waals surface area (Å²) in [6.45, 7) is 4.32. The number of halogens is 1. The van der Waals surface area contributed by atoms with Crippen LogP contribution in [-0.4, -0.2) is 77.3 Å². The molecule has 9 heteroatoms. The van der Waals surface area contributed by atoms with E-state index < -0.39 is 4.92 Å². The van der Waals surface area contributed by atoms with E-state index in [1.165, 1.54) is 18.2 Å². The number of nitrogens with zero attached hydrogens (tertiary/aromatic N) is 4. The fourth-order valence-electron chi connectivity index (χ4n) is 3.33. The van der Waals surface area contributed by atoms with Crippen LogP contribution in [-0.2, 0) is 4.79 Å². The predicted molar refractivity (Wildman–Crippen MR) is 96.3 cm³/mol. The summed E-state index contributed by atoms with van der Waals surface area (Å²) in [6.07, 6.45) is 2.15. The molecule has 26 heavy (non-hydrogen) atoms. The van der Waals surface area contributed by atoms with Crippen molar-refractivity contribution in [1.29, 1.82) is 0 Å². The SMILES string of the molecule is O=C(CN1CCN(C(=O)c2ccc([N+](=O)[O-])cc2Cl)CC1)N1CCCC1. The van der Waals surface area contributed by atoms with E-state index in [0.717, 1.165) is 25.9 Å². The minimum absolute atomic E-state index is 0.0795. The van der Waals surface area contributed by atoms with Gasteiger partial charge >= 0.3 is 0 Å². The number of carbonyl (C=O) groups is 2. The van der Waals surface area contributed by atoms with Gasteiger partial charge in [0.2, 0.25) is 5.91 Å². The summed E-state index contributed by atoms with van der Waals surface area (Å²) >= 11 is 6.05. The number of benzene rings is 1. The van der Waals surface area contributed by atoms with Gasteiger partial charge in [0.15, 0.2) is 0 Å². The summed E-state index contributed by atoms with van der Waals surface area (Å²) in [5.74, 6) is -0.0869. The molecule has 3 rings (SSSR count). The van der Waals surface area contributed by atoms with E-state index in [1.54, 1.807) is 4.90 Å². The number of non-ortho nitro benzene ring substituents is 1. The van der Waals surface area contributed by atoms with Crippen LogP contribution < -0.4 is 0 Å². The van der Waals surface area contributed by atoms with Gasteiger partial charge in [0.05, 0.1) is 22.1 Å². The average Bonchev–Trinajstić information content (AvgIpc) is 3.16. The van der Waals surface area contributed by atoms with Crippen LogP contribution in [0.2, 0.25) is 5.02 Å². The third-order valence-electron chi connectivity index (χ3n) is 4.87. The van der Waals surface area contributed by atoms with Gasteiger partial charge in [0, 0.05) is 51.4 Å². The van der Waals surface area contributed by atoms with Gasteiger partial charge in [-0.05, 0) is 18.9 Å². The normalized spacial score (nSPS) is 18.2. The molecule has 2 fully saturated rings. The Morgan fingerprint density at radius 2 is 1.69 bits per heavy atom. The van der Waals surface area contributed by atoms with Crippen LogP contribution >= 0.6 is 11.6 Å². The van der Waals surface area contributed by atoms with Crippen molar-refractivity contribution in [3.63, 3.8) is 0 Å². The number of amides is 2. The summed E-state index contributed by atoms with van der Waals surface area (Å²) in [5.41, 5.74) is 0.121. The molecule has 140 valence electrons. The molecular formula is C17H21ClN4O4. The van der Waals surface area contributed by atoms with Crippen LogP contribution in [0.3, 0.4) is 0 Å². The maximum atomic E-state index is 12.6. The minimum atomic E-state index is -0.545. The zero-order chi connectivity index (χ0) is 18.7. The molecule has 8 nitrogen and oxygen atoms in total. The molecule has 1 aromatic rings. The molecule has 0 radical (unpaired) electrons. The van der Waals surface area contributed by atoms with E-state index in [0.29, 0.717) is 32.7 Å². The molecule has 1 aromatic carbocycles. The summed E-state index contributed by atoms with van der Waals surface area (Å²) in [5, 5.41) is 10.9. The van der Waals surface area contributed by atoms with Crippen LogP contribution in [0.1, 0.15) is 23.2 Å². The second kappa shape index (κ2) is 8.01. The van der Waals surface area contributed by atoms with Gasteiger partial charge in [-0.1, -0.05) is 11.6 Å². The van der Waals surface area contributed by atoms with Crippen LogP contribution in [0.25, 0.3) is 0 Å². The van der Waals surface area contributed by atoms with E-state index in [1.807, 2.05) is 4.90 Å². The van der Waals surface area contributed by atoms with Gasteiger partial charge in [0.25, 0.3) is 11.6 Å². The Kier molecular flexibility index (Phi) is 5.73. The molecule has 0 spiro atoms. The number of nitro groups is 1.